The summed E-state index contributed by atoms with van der Waals surface area (Å²) in [6.45, 7) is 5.05. The molecule has 2 unspecified atom stereocenters. The molecule has 1 fully saturated rings. The molecule has 2 nitrogen and oxygen atoms in total. The number of nitrogens with two attached hydrogens (primary N) is 1. The average molecular weight is 171 g/mol. The standard InChI is InChI=1S/C10H21NO/c1-8(2)12-10-4-3-9(7-10)5-6-11/h8-10H,3-7,11H2,1-2H3. The van der Waals surface area contributed by atoms with Crippen LogP contribution in [0.5, 0.6) is 0 Å². The highest BCUT2D eigenvalue weighted by molar-refractivity contribution is 4.76. The molecule has 0 aromatic heterocycles. The van der Waals surface area contributed by atoms with Crippen molar-refractivity contribution in [1.82, 2.24) is 0 Å². The molecule has 72 valence electrons. The Hall–Kier alpha value is -0.0800. The van der Waals surface area contributed by atoms with Crippen molar-refractivity contribution in [2.45, 2.75) is 51.7 Å². The van der Waals surface area contributed by atoms with E-state index in [1.807, 2.05) is 0 Å². The van der Waals surface area contributed by atoms with Crippen LogP contribution in [0.15, 0.2) is 0 Å². The lowest BCUT2D eigenvalue weighted by atomic mass is 10.0. The van der Waals surface area contributed by atoms with Gasteiger partial charge in [-0.1, -0.05) is 0 Å². The van der Waals surface area contributed by atoms with Crippen LogP contribution in [0.2, 0.25) is 0 Å². The second-order valence-corrected chi connectivity index (χ2v) is 4.06. The molecule has 1 rings (SSSR count). The minimum atomic E-state index is 0.381. The van der Waals surface area contributed by atoms with Gasteiger partial charge in [0.05, 0.1) is 12.2 Å². The largest absolute Gasteiger partial charge is 0.376 e. The molecule has 0 aromatic rings. The molecule has 0 heterocycles. The summed E-state index contributed by atoms with van der Waals surface area (Å²) in [4.78, 5) is 0. The molecule has 1 aliphatic rings. The smallest absolute Gasteiger partial charge is 0.0581 e. The van der Waals surface area contributed by atoms with E-state index in [2.05, 4.69) is 13.8 Å². The van der Waals surface area contributed by atoms with E-state index in [9.17, 15) is 0 Å². The minimum Gasteiger partial charge on any atom is -0.376 e. The maximum absolute atomic E-state index is 5.75. The molecular weight excluding hydrogens is 150 g/mol. The summed E-state index contributed by atoms with van der Waals surface area (Å²) in [5, 5.41) is 0. The van der Waals surface area contributed by atoms with Crippen molar-refractivity contribution in [2.24, 2.45) is 11.7 Å². The van der Waals surface area contributed by atoms with Gasteiger partial charge in [-0.05, 0) is 52.0 Å². The van der Waals surface area contributed by atoms with Crippen LogP contribution in [0.1, 0.15) is 39.5 Å². The fourth-order valence-corrected chi connectivity index (χ4v) is 2.04. The molecular formula is C10H21NO. The summed E-state index contributed by atoms with van der Waals surface area (Å²) in [6, 6.07) is 0. The molecule has 0 amide bonds. The zero-order valence-electron chi connectivity index (χ0n) is 8.25. The molecule has 0 radical (unpaired) electrons. The fraction of sp³-hybridized carbons (Fsp3) is 1.00. The molecule has 1 saturated carbocycles. The van der Waals surface area contributed by atoms with Gasteiger partial charge in [0, 0.05) is 0 Å². The van der Waals surface area contributed by atoms with Crippen LogP contribution in [0, 0.1) is 5.92 Å². The Bertz CT molecular complexity index is 125. The fourth-order valence-electron chi connectivity index (χ4n) is 2.04. The molecule has 0 aliphatic heterocycles. The first kappa shape index (κ1) is 10.0. The zero-order valence-corrected chi connectivity index (χ0v) is 8.25. The van der Waals surface area contributed by atoms with Crippen LogP contribution in [0.25, 0.3) is 0 Å². The van der Waals surface area contributed by atoms with Crippen molar-refractivity contribution in [3.8, 4) is 0 Å². The van der Waals surface area contributed by atoms with Gasteiger partial charge in [-0.25, -0.2) is 0 Å². The van der Waals surface area contributed by atoms with Gasteiger partial charge in [0.25, 0.3) is 0 Å². The topological polar surface area (TPSA) is 35.2 Å². The van der Waals surface area contributed by atoms with Crippen molar-refractivity contribution < 1.29 is 4.74 Å². The van der Waals surface area contributed by atoms with Crippen LogP contribution in [-0.2, 0) is 4.74 Å². The maximum atomic E-state index is 5.75. The summed E-state index contributed by atoms with van der Waals surface area (Å²) >= 11 is 0. The first-order valence-electron chi connectivity index (χ1n) is 5.08. The van der Waals surface area contributed by atoms with Gasteiger partial charge < -0.3 is 10.5 Å². The Kier molecular flexibility index (Phi) is 4.02. The van der Waals surface area contributed by atoms with E-state index < -0.39 is 0 Å². The number of ether oxygens (including phenoxy) is 1. The van der Waals surface area contributed by atoms with Crippen molar-refractivity contribution in [2.75, 3.05) is 6.54 Å². The Labute approximate surface area is 75.5 Å². The molecule has 0 saturated heterocycles. The molecule has 0 bridgehead atoms. The highest BCUT2D eigenvalue weighted by Gasteiger charge is 2.24. The quantitative estimate of drug-likeness (QED) is 0.701. The lowest BCUT2D eigenvalue weighted by Crippen LogP contribution is -2.15. The van der Waals surface area contributed by atoms with E-state index in [0.29, 0.717) is 12.2 Å². The number of rotatable bonds is 4. The van der Waals surface area contributed by atoms with Gasteiger partial charge in [-0.15, -0.1) is 0 Å². The molecule has 2 N–H and O–H groups in total. The summed E-state index contributed by atoms with van der Waals surface area (Å²) in [5.74, 6) is 0.832. The molecule has 0 aromatic carbocycles. The zero-order chi connectivity index (χ0) is 8.97. The summed E-state index contributed by atoms with van der Waals surface area (Å²) < 4.78 is 5.75. The Morgan fingerprint density at radius 3 is 2.75 bits per heavy atom. The van der Waals surface area contributed by atoms with Crippen LogP contribution < -0.4 is 5.73 Å². The Balaban J connectivity index is 2.16. The third-order valence-electron chi connectivity index (χ3n) is 2.53. The monoisotopic (exact) mass is 171 g/mol. The van der Waals surface area contributed by atoms with Gasteiger partial charge in [0.2, 0.25) is 0 Å². The third kappa shape index (κ3) is 3.11. The molecule has 1 aliphatic carbocycles. The minimum absolute atomic E-state index is 0.381. The van der Waals surface area contributed by atoms with Crippen molar-refractivity contribution in [3.63, 3.8) is 0 Å². The second-order valence-electron chi connectivity index (χ2n) is 4.06. The van der Waals surface area contributed by atoms with E-state index in [1.165, 1.54) is 25.7 Å². The van der Waals surface area contributed by atoms with Crippen molar-refractivity contribution in [1.29, 1.82) is 0 Å². The predicted octanol–water partition coefficient (Wildman–Crippen LogP) is 1.93. The van der Waals surface area contributed by atoms with Crippen molar-refractivity contribution >= 4 is 0 Å². The Morgan fingerprint density at radius 1 is 1.42 bits per heavy atom. The second kappa shape index (κ2) is 4.83. The van der Waals surface area contributed by atoms with Crippen molar-refractivity contribution in [3.05, 3.63) is 0 Å². The van der Waals surface area contributed by atoms with Crippen LogP contribution in [0.4, 0.5) is 0 Å². The van der Waals surface area contributed by atoms with Gasteiger partial charge in [-0.3, -0.25) is 0 Å². The van der Waals surface area contributed by atoms with Crippen LogP contribution in [0.3, 0.4) is 0 Å². The van der Waals surface area contributed by atoms with E-state index in [-0.39, 0.29) is 0 Å². The van der Waals surface area contributed by atoms with Gasteiger partial charge in [0.1, 0.15) is 0 Å². The van der Waals surface area contributed by atoms with Gasteiger partial charge >= 0.3 is 0 Å². The molecule has 0 spiro atoms. The van der Waals surface area contributed by atoms with E-state index in [0.717, 1.165) is 12.5 Å². The predicted molar refractivity (Wildman–Crippen MR) is 51.0 cm³/mol. The first-order valence-corrected chi connectivity index (χ1v) is 5.08. The van der Waals surface area contributed by atoms with Crippen LogP contribution in [-0.4, -0.2) is 18.8 Å². The molecule has 2 atom stereocenters. The number of hydrogen-bond acceptors (Lipinski definition) is 2. The van der Waals surface area contributed by atoms with Crippen LogP contribution >= 0.6 is 0 Å². The highest BCUT2D eigenvalue weighted by atomic mass is 16.5. The average Bonchev–Trinajstić information content (AvgIpc) is 2.36. The van der Waals surface area contributed by atoms with Gasteiger partial charge in [-0.2, -0.15) is 0 Å². The van der Waals surface area contributed by atoms with E-state index in [1.54, 1.807) is 0 Å². The molecule has 12 heavy (non-hydrogen) atoms. The summed E-state index contributed by atoms with van der Waals surface area (Å²) in [5.41, 5.74) is 5.51. The molecule has 2 heteroatoms. The lowest BCUT2D eigenvalue weighted by Gasteiger charge is -2.15. The van der Waals surface area contributed by atoms with Gasteiger partial charge in [0.15, 0.2) is 0 Å². The number of hydrogen-bond donors (Lipinski definition) is 1. The summed E-state index contributed by atoms with van der Waals surface area (Å²) in [6.07, 6.45) is 5.86. The maximum Gasteiger partial charge on any atom is 0.0581 e. The Morgan fingerprint density at radius 2 is 2.17 bits per heavy atom. The first-order chi connectivity index (χ1) is 5.72. The van der Waals surface area contributed by atoms with E-state index >= 15 is 0 Å². The highest BCUT2D eigenvalue weighted by Crippen LogP contribution is 2.30. The SMILES string of the molecule is CC(C)OC1CCC(CCN)C1. The normalized spacial score (nSPS) is 30.0. The third-order valence-corrected chi connectivity index (χ3v) is 2.53. The van der Waals surface area contributed by atoms with E-state index in [4.69, 9.17) is 10.5 Å². The summed E-state index contributed by atoms with van der Waals surface area (Å²) in [7, 11) is 0. The lowest BCUT2D eigenvalue weighted by molar-refractivity contribution is 0.0102.